The number of nitrogens with two attached hydrogens (primary N) is 1. The third-order valence-corrected chi connectivity index (χ3v) is 2.26. The third kappa shape index (κ3) is 7.49. The molecule has 1 aromatic rings. The lowest BCUT2D eigenvalue weighted by Crippen LogP contribution is -2.01. The second-order valence-electron chi connectivity index (χ2n) is 2.16. The number of thioether (sulfide) groups is 1. The summed E-state index contributed by atoms with van der Waals surface area (Å²) >= 11 is 1.82. The summed E-state index contributed by atoms with van der Waals surface area (Å²) in [5, 5.41) is 0. The Labute approximate surface area is 104 Å². The zero-order chi connectivity index (χ0) is 7.94. The lowest BCUT2D eigenvalue weighted by Gasteiger charge is -1.97. The van der Waals surface area contributed by atoms with E-state index in [2.05, 4.69) is 4.98 Å². The van der Waals surface area contributed by atoms with E-state index in [4.69, 9.17) is 5.73 Å². The molecule has 5 heteroatoms. The predicted molar refractivity (Wildman–Crippen MR) is 70.1 cm³/mol. The van der Waals surface area contributed by atoms with Gasteiger partial charge in [0, 0.05) is 24.2 Å². The zero-order valence-corrected chi connectivity index (χ0v) is 11.4. The van der Waals surface area contributed by atoms with Crippen LogP contribution >= 0.6 is 45.7 Å². The lowest BCUT2D eigenvalue weighted by molar-refractivity contribution is 1.13. The van der Waals surface area contributed by atoms with E-state index in [-0.39, 0.29) is 34.0 Å². The van der Waals surface area contributed by atoms with Gasteiger partial charge in [-0.2, -0.15) is 11.8 Å². The first-order valence-electron chi connectivity index (χ1n) is 3.61. The molecule has 0 amide bonds. The van der Waals surface area contributed by atoms with Crippen LogP contribution in [0.3, 0.4) is 0 Å². The molecule has 13 heavy (non-hydrogen) atoms. The van der Waals surface area contributed by atoms with Crippen molar-refractivity contribution in [1.82, 2.24) is 4.98 Å². The van der Waals surface area contributed by atoms with Crippen LogP contribution in [0.1, 0.15) is 5.69 Å². The largest absolute Gasteiger partial charge is 0.330 e. The molecular formula is C8H14Br2N2S. The molecule has 2 nitrogen and oxygen atoms in total. The minimum absolute atomic E-state index is 0. The Kier molecular flexibility index (Phi) is 12.8. The average molecular weight is 330 g/mol. The molecule has 0 aliphatic heterocycles. The quantitative estimate of drug-likeness (QED) is 0.862. The average Bonchev–Trinajstić information content (AvgIpc) is 2.07. The Morgan fingerprint density at radius 3 is 2.62 bits per heavy atom. The van der Waals surface area contributed by atoms with Crippen LogP contribution in [0.15, 0.2) is 24.4 Å². The maximum absolute atomic E-state index is 5.35. The van der Waals surface area contributed by atoms with Crippen molar-refractivity contribution >= 4 is 45.7 Å². The maximum Gasteiger partial charge on any atom is 0.0502 e. The highest BCUT2D eigenvalue weighted by Gasteiger charge is 1.90. The summed E-state index contributed by atoms with van der Waals surface area (Å²) in [5.74, 6) is 1.98. The standard InChI is InChI=1S/C8H12N2S.2BrH/c9-4-6-11-7-8-3-1-2-5-10-8;;/h1-3,5H,4,6-7,9H2;2*1H. The van der Waals surface area contributed by atoms with Crippen LogP contribution < -0.4 is 5.73 Å². The van der Waals surface area contributed by atoms with Gasteiger partial charge in [0.05, 0.1) is 5.69 Å². The summed E-state index contributed by atoms with van der Waals surface area (Å²) in [6.45, 7) is 0.748. The van der Waals surface area contributed by atoms with E-state index in [0.717, 1.165) is 23.7 Å². The predicted octanol–water partition coefficient (Wildman–Crippen LogP) is 2.43. The van der Waals surface area contributed by atoms with Crippen molar-refractivity contribution in [2.24, 2.45) is 5.73 Å². The number of hydrogen-bond acceptors (Lipinski definition) is 3. The number of hydrogen-bond donors (Lipinski definition) is 1. The van der Waals surface area contributed by atoms with Crippen molar-refractivity contribution in [3.63, 3.8) is 0 Å². The summed E-state index contributed by atoms with van der Waals surface area (Å²) in [5.41, 5.74) is 6.48. The highest BCUT2D eigenvalue weighted by atomic mass is 79.9. The lowest BCUT2D eigenvalue weighted by atomic mass is 10.4. The summed E-state index contributed by atoms with van der Waals surface area (Å²) < 4.78 is 0. The molecule has 0 fully saturated rings. The molecule has 0 bridgehead atoms. The van der Waals surface area contributed by atoms with Gasteiger partial charge in [0.15, 0.2) is 0 Å². The molecule has 1 aromatic heterocycles. The maximum atomic E-state index is 5.35. The monoisotopic (exact) mass is 328 g/mol. The van der Waals surface area contributed by atoms with E-state index in [9.17, 15) is 0 Å². The molecule has 0 saturated heterocycles. The molecule has 0 unspecified atom stereocenters. The van der Waals surface area contributed by atoms with Gasteiger partial charge in [0.1, 0.15) is 0 Å². The molecule has 2 N–H and O–H groups in total. The van der Waals surface area contributed by atoms with Gasteiger partial charge in [-0.25, -0.2) is 0 Å². The first-order chi connectivity index (χ1) is 5.43. The van der Waals surface area contributed by atoms with Crippen LogP contribution in [0.5, 0.6) is 0 Å². The fourth-order valence-corrected chi connectivity index (χ4v) is 1.43. The van der Waals surface area contributed by atoms with E-state index in [1.807, 2.05) is 36.2 Å². The van der Waals surface area contributed by atoms with E-state index in [1.165, 1.54) is 0 Å². The van der Waals surface area contributed by atoms with Crippen molar-refractivity contribution in [3.8, 4) is 0 Å². The van der Waals surface area contributed by atoms with Gasteiger partial charge < -0.3 is 5.73 Å². The molecule has 0 atom stereocenters. The van der Waals surface area contributed by atoms with E-state index >= 15 is 0 Å². The molecule has 0 aromatic carbocycles. The fourth-order valence-electron chi connectivity index (χ4n) is 0.744. The highest BCUT2D eigenvalue weighted by molar-refractivity contribution is 8.93. The minimum Gasteiger partial charge on any atom is -0.330 e. The van der Waals surface area contributed by atoms with Crippen LogP contribution in [-0.2, 0) is 5.75 Å². The number of rotatable bonds is 4. The zero-order valence-electron chi connectivity index (χ0n) is 7.18. The van der Waals surface area contributed by atoms with Crippen molar-refractivity contribution in [2.45, 2.75) is 5.75 Å². The van der Waals surface area contributed by atoms with Crippen LogP contribution in [0.25, 0.3) is 0 Å². The third-order valence-electron chi connectivity index (χ3n) is 1.24. The Morgan fingerprint density at radius 2 is 2.08 bits per heavy atom. The second kappa shape index (κ2) is 10.5. The Hall–Kier alpha value is 0.420. The van der Waals surface area contributed by atoms with Crippen LogP contribution in [-0.4, -0.2) is 17.3 Å². The molecular weight excluding hydrogens is 316 g/mol. The summed E-state index contributed by atoms with van der Waals surface area (Å²) in [6, 6.07) is 5.96. The molecule has 0 aliphatic rings. The van der Waals surface area contributed by atoms with Crippen LogP contribution in [0.4, 0.5) is 0 Å². The molecule has 1 rings (SSSR count). The van der Waals surface area contributed by atoms with Gasteiger partial charge in [0.2, 0.25) is 0 Å². The smallest absolute Gasteiger partial charge is 0.0502 e. The first-order valence-corrected chi connectivity index (χ1v) is 4.76. The van der Waals surface area contributed by atoms with Crippen molar-refractivity contribution in [3.05, 3.63) is 30.1 Å². The number of nitrogens with zero attached hydrogens (tertiary/aromatic N) is 1. The molecule has 1 heterocycles. The molecule has 0 spiro atoms. The van der Waals surface area contributed by atoms with E-state index < -0.39 is 0 Å². The molecule has 0 saturated carbocycles. The molecule has 76 valence electrons. The highest BCUT2D eigenvalue weighted by Crippen LogP contribution is 2.07. The Bertz CT molecular complexity index is 197. The van der Waals surface area contributed by atoms with E-state index in [0.29, 0.717) is 0 Å². The van der Waals surface area contributed by atoms with Gasteiger partial charge in [-0.1, -0.05) is 6.07 Å². The molecule has 0 radical (unpaired) electrons. The van der Waals surface area contributed by atoms with Crippen LogP contribution in [0.2, 0.25) is 0 Å². The van der Waals surface area contributed by atoms with Gasteiger partial charge in [0.25, 0.3) is 0 Å². The number of aromatic nitrogens is 1. The Balaban J connectivity index is 0. The fraction of sp³-hybridized carbons (Fsp3) is 0.375. The van der Waals surface area contributed by atoms with E-state index in [1.54, 1.807) is 0 Å². The van der Waals surface area contributed by atoms with Crippen LogP contribution in [0, 0.1) is 0 Å². The number of halogens is 2. The SMILES string of the molecule is Br.Br.NCCSCc1ccccn1. The summed E-state index contributed by atoms with van der Waals surface area (Å²) in [6.07, 6.45) is 1.82. The summed E-state index contributed by atoms with van der Waals surface area (Å²) in [4.78, 5) is 4.19. The van der Waals surface area contributed by atoms with Crippen molar-refractivity contribution < 1.29 is 0 Å². The van der Waals surface area contributed by atoms with Gasteiger partial charge in [-0.05, 0) is 12.1 Å². The van der Waals surface area contributed by atoms with Gasteiger partial charge in [-0.3, -0.25) is 4.98 Å². The molecule has 0 aliphatic carbocycles. The van der Waals surface area contributed by atoms with Gasteiger partial charge >= 0.3 is 0 Å². The number of pyridine rings is 1. The normalized spacial score (nSPS) is 8.38. The van der Waals surface area contributed by atoms with Gasteiger partial charge in [-0.15, -0.1) is 34.0 Å². The topological polar surface area (TPSA) is 38.9 Å². The first kappa shape index (κ1) is 15.9. The summed E-state index contributed by atoms with van der Waals surface area (Å²) in [7, 11) is 0. The second-order valence-corrected chi connectivity index (χ2v) is 3.27. The van der Waals surface area contributed by atoms with Crippen molar-refractivity contribution in [2.75, 3.05) is 12.3 Å². The minimum atomic E-state index is 0. The Morgan fingerprint density at radius 1 is 1.31 bits per heavy atom. The van der Waals surface area contributed by atoms with Crippen molar-refractivity contribution in [1.29, 1.82) is 0 Å².